The Bertz CT molecular complexity index is 1010. The fourth-order valence-electron chi connectivity index (χ4n) is 3.46. The molecule has 1 aliphatic rings. The van der Waals surface area contributed by atoms with Gasteiger partial charge < -0.3 is 4.74 Å². The van der Waals surface area contributed by atoms with Crippen molar-refractivity contribution >= 4 is 54.5 Å². The third kappa shape index (κ3) is 3.15. The molecule has 2 atom stereocenters. The number of aromatic nitrogens is 1. The Balaban J connectivity index is 1.84. The van der Waals surface area contributed by atoms with Crippen LogP contribution in [-0.4, -0.2) is 24.2 Å². The number of benzene rings is 2. The lowest BCUT2D eigenvalue weighted by Crippen LogP contribution is -2.47. The summed E-state index contributed by atoms with van der Waals surface area (Å²) in [5.74, 6) is 0. The van der Waals surface area contributed by atoms with Gasteiger partial charge in [-0.3, -0.25) is 9.88 Å². The molecule has 0 radical (unpaired) electrons. The summed E-state index contributed by atoms with van der Waals surface area (Å²) in [4.78, 5) is 19.2. The van der Waals surface area contributed by atoms with E-state index in [-0.39, 0.29) is 10.9 Å². The average Bonchev–Trinajstić information content (AvgIpc) is 2.70. The first kappa shape index (κ1) is 18.4. The molecule has 2 heterocycles. The summed E-state index contributed by atoms with van der Waals surface area (Å²) in [5, 5.41) is 1.09. The predicted molar refractivity (Wildman–Crippen MR) is 115 cm³/mol. The van der Waals surface area contributed by atoms with Crippen LogP contribution in [0.15, 0.2) is 60.7 Å². The average molecular weight is 490 g/mol. The summed E-state index contributed by atoms with van der Waals surface area (Å²) < 4.78 is 4.72. The molecule has 0 fully saturated rings. The highest BCUT2D eigenvalue weighted by Gasteiger charge is 2.47. The third-order valence-electron chi connectivity index (χ3n) is 4.80. The molecule has 0 spiro atoms. The summed E-state index contributed by atoms with van der Waals surface area (Å²) in [6.45, 7) is 2.55. The second-order valence-electron chi connectivity index (χ2n) is 6.46. The maximum atomic E-state index is 12.6. The van der Waals surface area contributed by atoms with Gasteiger partial charge in [-0.25, -0.2) is 4.79 Å². The predicted octanol–water partition coefficient (Wildman–Crippen LogP) is 5.94. The number of pyridine rings is 1. The normalized spacial score (nSPS) is 21.7. The van der Waals surface area contributed by atoms with Gasteiger partial charge in [0.05, 0.1) is 34.9 Å². The molecule has 2 aromatic carbocycles. The standard InChI is InChI=1S/C21H18Br2N2O2/c1-2-27-20(26)25-13-21(23,19(22)15-8-4-6-10-17(15)25)18-12-11-14-7-3-5-9-16(14)24-18/h3-12,19H,2,13H2,1H3. The lowest BCUT2D eigenvalue weighted by Gasteiger charge is -2.42. The second kappa shape index (κ2) is 7.24. The van der Waals surface area contributed by atoms with Crippen molar-refractivity contribution in [3.8, 4) is 0 Å². The largest absolute Gasteiger partial charge is 0.449 e. The van der Waals surface area contributed by atoms with E-state index in [0.717, 1.165) is 27.8 Å². The van der Waals surface area contributed by atoms with Crippen LogP contribution in [-0.2, 0) is 9.06 Å². The van der Waals surface area contributed by atoms with Crippen molar-refractivity contribution in [3.05, 3.63) is 71.9 Å². The van der Waals surface area contributed by atoms with Crippen molar-refractivity contribution < 1.29 is 9.53 Å². The zero-order chi connectivity index (χ0) is 19.0. The first-order valence-corrected chi connectivity index (χ1v) is 10.5. The zero-order valence-corrected chi connectivity index (χ0v) is 17.9. The Morgan fingerprint density at radius 2 is 1.93 bits per heavy atom. The second-order valence-corrected chi connectivity index (χ2v) is 8.79. The number of anilines is 1. The summed E-state index contributed by atoms with van der Waals surface area (Å²) in [5.41, 5.74) is 3.67. The van der Waals surface area contributed by atoms with Crippen LogP contribution in [0.3, 0.4) is 0 Å². The van der Waals surface area contributed by atoms with Crippen molar-refractivity contribution in [2.45, 2.75) is 16.1 Å². The Hall–Kier alpha value is -1.92. The highest BCUT2D eigenvalue weighted by Crippen LogP contribution is 2.54. The van der Waals surface area contributed by atoms with Crippen LogP contribution in [0.2, 0.25) is 0 Å². The fourth-order valence-corrected chi connectivity index (χ4v) is 4.95. The molecule has 2 unspecified atom stereocenters. The number of fused-ring (bicyclic) bond motifs is 2. The minimum atomic E-state index is -0.585. The van der Waals surface area contributed by atoms with Crippen LogP contribution in [0.5, 0.6) is 0 Å². The van der Waals surface area contributed by atoms with E-state index in [9.17, 15) is 4.79 Å². The van der Waals surface area contributed by atoms with Gasteiger partial charge in [-0.05, 0) is 30.7 Å². The monoisotopic (exact) mass is 488 g/mol. The van der Waals surface area contributed by atoms with E-state index in [2.05, 4.69) is 37.9 Å². The first-order chi connectivity index (χ1) is 13.0. The lowest BCUT2D eigenvalue weighted by molar-refractivity contribution is 0.158. The zero-order valence-electron chi connectivity index (χ0n) is 14.7. The number of ether oxygens (including phenoxy) is 1. The van der Waals surface area contributed by atoms with Crippen LogP contribution < -0.4 is 4.90 Å². The van der Waals surface area contributed by atoms with E-state index in [0.29, 0.717) is 13.2 Å². The van der Waals surface area contributed by atoms with E-state index in [1.807, 2.05) is 61.5 Å². The highest BCUT2D eigenvalue weighted by atomic mass is 79.9. The summed E-state index contributed by atoms with van der Waals surface area (Å²) in [6.07, 6.45) is -0.353. The molecular formula is C21H18Br2N2O2. The molecule has 6 heteroatoms. The van der Waals surface area contributed by atoms with E-state index < -0.39 is 4.32 Å². The number of carbonyl (C=O) groups excluding carboxylic acids is 1. The molecule has 138 valence electrons. The molecule has 0 aliphatic carbocycles. The molecule has 4 rings (SSSR count). The van der Waals surface area contributed by atoms with Gasteiger partial charge in [-0.15, -0.1) is 0 Å². The number of rotatable bonds is 2. The van der Waals surface area contributed by atoms with Gasteiger partial charge in [0.1, 0.15) is 4.32 Å². The first-order valence-electron chi connectivity index (χ1n) is 8.77. The number of hydrogen-bond acceptors (Lipinski definition) is 3. The number of para-hydroxylation sites is 2. The molecule has 0 saturated heterocycles. The molecule has 3 aromatic rings. The number of nitrogens with zero attached hydrogens (tertiary/aromatic N) is 2. The van der Waals surface area contributed by atoms with Gasteiger partial charge in [0.15, 0.2) is 0 Å². The summed E-state index contributed by atoms with van der Waals surface area (Å²) in [6, 6.07) is 20.0. The van der Waals surface area contributed by atoms with Crippen LogP contribution in [0, 0.1) is 0 Å². The van der Waals surface area contributed by atoms with Gasteiger partial charge in [-0.1, -0.05) is 74.3 Å². The molecule has 1 aromatic heterocycles. The highest BCUT2D eigenvalue weighted by molar-refractivity contribution is 9.12. The molecule has 1 amide bonds. The molecule has 27 heavy (non-hydrogen) atoms. The number of carbonyl (C=O) groups is 1. The van der Waals surface area contributed by atoms with Gasteiger partial charge in [0, 0.05) is 5.39 Å². The number of hydrogen-bond donors (Lipinski definition) is 0. The minimum absolute atomic E-state index is 0.0551. The Morgan fingerprint density at radius 1 is 1.19 bits per heavy atom. The van der Waals surface area contributed by atoms with Crippen molar-refractivity contribution in [1.82, 2.24) is 4.98 Å². The van der Waals surface area contributed by atoms with E-state index in [1.54, 1.807) is 4.90 Å². The van der Waals surface area contributed by atoms with Gasteiger partial charge in [0.2, 0.25) is 0 Å². The van der Waals surface area contributed by atoms with Gasteiger partial charge in [-0.2, -0.15) is 0 Å². The quantitative estimate of drug-likeness (QED) is 0.418. The van der Waals surface area contributed by atoms with Crippen molar-refractivity contribution in [2.75, 3.05) is 18.1 Å². The Kier molecular flexibility index (Phi) is 4.95. The maximum Gasteiger partial charge on any atom is 0.414 e. The molecule has 0 bridgehead atoms. The number of alkyl halides is 2. The SMILES string of the molecule is CCOC(=O)N1CC(Br)(c2ccc3ccccc3n2)C(Br)c2ccccc21. The van der Waals surface area contributed by atoms with Crippen molar-refractivity contribution in [3.63, 3.8) is 0 Å². The van der Waals surface area contributed by atoms with Crippen LogP contribution in [0.4, 0.5) is 10.5 Å². The summed E-state index contributed by atoms with van der Waals surface area (Å²) >= 11 is 7.79. The topological polar surface area (TPSA) is 42.4 Å². The van der Waals surface area contributed by atoms with E-state index in [1.165, 1.54) is 0 Å². The molecule has 0 saturated carbocycles. The Labute approximate surface area is 174 Å². The van der Waals surface area contributed by atoms with Crippen LogP contribution >= 0.6 is 31.9 Å². The smallest absolute Gasteiger partial charge is 0.414 e. The molecular weight excluding hydrogens is 472 g/mol. The van der Waals surface area contributed by atoms with Crippen LogP contribution in [0.1, 0.15) is 23.0 Å². The minimum Gasteiger partial charge on any atom is -0.449 e. The van der Waals surface area contributed by atoms with Crippen molar-refractivity contribution in [1.29, 1.82) is 0 Å². The van der Waals surface area contributed by atoms with E-state index in [4.69, 9.17) is 9.72 Å². The summed E-state index contributed by atoms with van der Waals surface area (Å²) in [7, 11) is 0. The Morgan fingerprint density at radius 3 is 2.74 bits per heavy atom. The third-order valence-corrected chi connectivity index (χ3v) is 7.81. The van der Waals surface area contributed by atoms with E-state index >= 15 is 0 Å². The van der Waals surface area contributed by atoms with Crippen molar-refractivity contribution in [2.24, 2.45) is 0 Å². The fraction of sp³-hybridized carbons (Fsp3) is 0.238. The maximum absolute atomic E-state index is 12.6. The number of halogens is 2. The molecule has 0 N–H and O–H groups in total. The lowest BCUT2D eigenvalue weighted by atomic mass is 9.89. The molecule has 4 nitrogen and oxygen atoms in total. The number of amides is 1. The molecule has 1 aliphatic heterocycles. The van der Waals surface area contributed by atoms with Gasteiger partial charge >= 0.3 is 6.09 Å². The van der Waals surface area contributed by atoms with Gasteiger partial charge in [0.25, 0.3) is 0 Å². The van der Waals surface area contributed by atoms with Crippen LogP contribution in [0.25, 0.3) is 10.9 Å².